The summed E-state index contributed by atoms with van der Waals surface area (Å²) >= 11 is 3.03. The maximum atomic E-state index is 13.6. The van der Waals surface area contributed by atoms with Crippen molar-refractivity contribution in [3.8, 4) is 0 Å². The largest absolute Gasteiger partial charge is 0.416 e. The molecule has 0 aliphatic heterocycles. The summed E-state index contributed by atoms with van der Waals surface area (Å²) < 4.78 is 78.0. The maximum absolute atomic E-state index is 13.6. The third kappa shape index (κ3) is 4.52. The zero-order valence-corrected chi connectivity index (χ0v) is 13.8. The van der Waals surface area contributed by atoms with Gasteiger partial charge >= 0.3 is 6.18 Å². The maximum Gasteiger partial charge on any atom is 0.416 e. The number of hydrogen-bond acceptors (Lipinski definition) is 2. The zero-order valence-electron chi connectivity index (χ0n) is 11.4. The van der Waals surface area contributed by atoms with Gasteiger partial charge in [-0.2, -0.15) is 13.2 Å². The van der Waals surface area contributed by atoms with Crippen LogP contribution in [0.25, 0.3) is 0 Å². The van der Waals surface area contributed by atoms with Crippen LogP contribution in [0.5, 0.6) is 0 Å². The molecule has 2 aromatic rings. The minimum absolute atomic E-state index is 0.110. The lowest BCUT2D eigenvalue weighted by Gasteiger charge is -2.10. The van der Waals surface area contributed by atoms with Crippen LogP contribution in [0.3, 0.4) is 0 Å². The second-order valence-corrected chi connectivity index (χ2v) is 7.25. The second kappa shape index (κ2) is 6.58. The minimum Gasteiger partial charge on any atom is -0.207 e. The van der Waals surface area contributed by atoms with E-state index in [4.69, 9.17) is 0 Å². The molecule has 0 saturated heterocycles. The van der Waals surface area contributed by atoms with E-state index in [9.17, 15) is 26.0 Å². The van der Waals surface area contributed by atoms with Gasteiger partial charge in [0, 0.05) is 11.0 Å². The van der Waals surface area contributed by atoms with Gasteiger partial charge in [-0.15, -0.1) is 0 Å². The van der Waals surface area contributed by atoms with Crippen LogP contribution in [0.1, 0.15) is 11.1 Å². The average Bonchev–Trinajstić information content (AvgIpc) is 2.47. The van der Waals surface area contributed by atoms with E-state index in [-0.39, 0.29) is 5.56 Å². The van der Waals surface area contributed by atoms with Gasteiger partial charge in [0.2, 0.25) is 10.0 Å². The predicted octanol–water partition coefficient (Wildman–Crippen LogP) is 4.09. The summed E-state index contributed by atoms with van der Waals surface area (Å²) in [4.78, 5) is -0.584. The Labute approximate surface area is 138 Å². The summed E-state index contributed by atoms with van der Waals surface area (Å²) in [6, 6.07) is 7.61. The van der Waals surface area contributed by atoms with Crippen LogP contribution in [0, 0.1) is 5.82 Å². The average molecular weight is 412 g/mol. The van der Waals surface area contributed by atoms with E-state index >= 15 is 0 Å². The molecular weight excluding hydrogens is 402 g/mol. The lowest BCUT2D eigenvalue weighted by atomic mass is 10.1. The van der Waals surface area contributed by atoms with Gasteiger partial charge in [0.1, 0.15) is 10.7 Å². The molecule has 0 saturated carbocycles. The Bertz CT molecular complexity index is 822. The highest BCUT2D eigenvalue weighted by Gasteiger charge is 2.30. The van der Waals surface area contributed by atoms with E-state index in [0.29, 0.717) is 4.47 Å². The Morgan fingerprint density at radius 2 is 1.78 bits per heavy atom. The van der Waals surface area contributed by atoms with Crippen molar-refractivity contribution in [3.05, 3.63) is 63.9 Å². The first-order valence-corrected chi connectivity index (χ1v) is 8.48. The van der Waals surface area contributed by atoms with Crippen LogP contribution in [-0.2, 0) is 22.7 Å². The van der Waals surface area contributed by atoms with Crippen molar-refractivity contribution < 1.29 is 26.0 Å². The molecule has 0 aliphatic rings. The summed E-state index contributed by atoms with van der Waals surface area (Å²) in [7, 11) is -4.20. The van der Waals surface area contributed by atoms with Gasteiger partial charge in [-0.25, -0.2) is 17.5 Å². The van der Waals surface area contributed by atoms with Gasteiger partial charge in [-0.1, -0.05) is 34.1 Å². The second-order valence-electron chi connectivity index (χ2n) is 4.60. The molecule has 0 spiro atoms. The van der Waals surface area contributed by atoms with Crippen molar-refractivity contribution in [2.45, 2.75) is 17.6 Å². The molecule has 0 radical (unpaired) electrons. The number of sulfonamides is 1. The summed E-state index contributed by atoms with van der Waals surface area (Å²) in [5.74, 6) is -0.954. The number of alkyl halides is 3. The number of benzene rings is 2. The van der Waals surface area contributed by atoms with Crippen LogP contribution >= 0.6 is 15.9 Å². The molecule has 3 nitrogen and oxygen atoms in total. The third-order valence-electron chi connectivity index (χ3n) is 2.90. The third-order valence-corrected chi connectivity index (χ3v) is 4.81. The zero-order chi connectivity index (χ0) is 17.3. The predicted molar refractivity (Wildman–Crippen MR) is 79.6 cm³/mol. The molecule has 0 bridgehead atoms. The number of nitrogens with one attached hydrogen (secondary N) is 1. The number of rotatable bonds is 4. The summed E-state index contributed by atoms with van der Waals surface area (Å²) in [5.41, 5.74) is -0.776. The van der Waals surface area contributed by atoms with Gasteiger partial charge in [-0.05, 0) is 29.8 Å². The molecule has 0 unspecified atom stereocenters. The molecule has 2 aromatic carbocycles. The minimum atomic E-state index is -4.52. The molecule has 0 atom stereocenters. The fourth-order valence-electron chi connectivity index (χ4n) is 1.80. The Balaban J connectivity index is 2.22. The van der Waals surface area contributed by atoms with Crippen molar-refractivity contribution in [3.63, 3.8) is 0 Å². The molecule has 124 valence electrons. The summed E-state index contributed by atoms with van der Waals surface area (Å²) in [6.45, 7) is -0.391. The van der Waals surface area contributed by atoms with Gasteiger partial charge in [0.15, 0.2) is 0 Å². The highest BCUT2D eigenvalue weighted by molar-refractivity contribution is 9.10. The fourth-order valence-corrected chi connectivity index (χ4v) is 3.43. The SMILES string of the molecule is O=S(=O)(NCc1cccc(C(F)(F)F)c1)c1cc(Br)ccc1F. The molecular formula is C14H10BrF4NO2S. The van der Waals surface area contributed by atoms with Crippen molar-refractivity contribution in [2.75, 3.05) is 0 Å². The van der Waals surface area contributed by atoms with E-state index < -0.39 is 39.0 Å². The van der Waals surface area contributed by atoms with Gasteiger partial charge < -0.3 is 0 Å². The van der Waals surface area contributed by atoms with Crippen molar-refractivity contribution >= 4 is 26.0 Å². The van der Waals surface area contributed by atoms with Crippen LogP contribution in [0.15, 0.2) is 51.8 Å². The summed E-state index contributed by atoms with van der Waals surface area (Å²) in [6.07, 6.45) is -4.52. The quantitative estimate of drug-likeness (QED) is 0.770. The van der Waals surface area contributed by atoms with Crippen molar-refractivity contribution in [2.24, 2.45) is 0 Å². The molecule has 0 heterocycles. The standard InChI is InChI=1S/C14H10BrF4NO2S/c15-11-4-5-12(16)13(7-11)23(21,22)20-8-9-2-1-3-10(6-9)14(17,18)19/h1-7,20H,8H2. The lowest BCUT2D eigenvalue weighted by molar-refractivity contribution is -0.137. The lowest BCUT2D eigenvalue weighted by Crippen LogP contribution is -2.24. The summed E-state index contributed by atoms with van der Waals surface area (Å²) in [5, 5.41) is 0. The van der Waals surface area contributed by atoms with Crippen LogP contribution in [0.4, 0.5) is 17.6 Å². The van der Waals surface area contributed by atoms with Crippen molar-refractivity contribution in [1.82, 2.24) is 4.72 Å². The first-order chi connectivity index (χ1) is 10.6. The normalized spacial score (nSPS) is 12.4. The monoisotopic (exact) mass is 411 g/mol. The molecule has 0 amide bonds. The van der Waals surface area contributed by atoms with Crippen molar-refractivity contribution in [1.29, 1.82) is 0 Å². The molecule has 0 aromatic heterocycles. The molecule has 9 heteroatoms. The smallest absolute Gasteiger partial charge is 0.207 e. The number of hydrogen-bond donors (Lipinski definition) is 1. The first kappa shape index (κ1) is 17.9. The van der Waals surface area contributed by atoms with Crippen LogP contribution in [0.2, 0.25) is 0 Å². The van der Waals surface area contributed by atoms with Gasteiger partial charge in [0.25, 0.3) is 0 Å². The molecule has 0 fully saturated rings. The van der Waals surface area contributed by atoms with E-state index in [1.54, 1.807) is 0 Å². The molecule has 0 aliphatic carbocycles. The fraction of sp³-hybridized carbons (Fsp3) is 0.143. The van der Waals surface area contributed by atoms with E-state index in [1.165, 1.54) is 18.2 Å². The highest BCUT2D eigenvalue weighted by Crippen LogP contribution is 2.29. The van der Waals surface area contributed by atoms with E-state index in [0.717, 1.165) is 24.3 Å². The van der Waals surface area contributed by atoms with Crippen LogP contribution < -0.4 is 4.72 Å². The highest BCUT2D eigenvalue weighted by atomic mass is 79.9. The Kier molecular flexibility index (Phi) is 5.12. The Hall–Kier alpha value is -1.45. The first-order valence-electron chi connectivity index (χ1n) is 6.20. The topological polar surface area (TPSA) is 46.2 Å². The molecule has 1 N–H and O–H groups in total. The number of halogens is 5. The van der Waals surface area contributed by atoms with Crippen LogP contribution in [-0.4, -0.2) is 8.42 Å². The molecule has 2 rings (SSSR count). The molecule has 23 heavy (non-hydrogen) atoms. The van der Waals surface area contributed by atoms with Gasteiger partial charge in [0.05, 0.1) is 5.56 Å². The Morgan fingerprint density at radius 3 is 2.43 bits per heavy atom. The van der Waals surface area contributed by atoms with Gasteiger partial charge in [-0.3, -0.25) is 0 Å². The van der Waals surface area contributed by atoms with E-state index in [2.05, 4.69) is 20.7 Å². The Morgan fingerprint density at radius 1 is 1.09 bits per heavy atom. The van der Waals surface area contributed by atoms with E-state index in [1.807, 2.05) is 0 Å².